The van der Waals surface area contributed by atoms with Crippen LogP contribution in [0.3, 0.4) is 0 Å². The minimum atomic E-state index is -0.177. The van der Waals surface area contributed by atoms with Crippen LogP contribution in [0.4, 0.5) is 0 Å². The third-order valence-corrected chi connectivity index (χ3v) is 5.34. The summed E-state index contributed by atoms with van der Waals surface area (Å²) in [6.45, 7) is 3.72. The van der Waals surface area contributed by atoms with Crippen LogP contribution in [0, 0.1) is 6.92 Å². The van der Waals surface area contributed by atoms with Gasteiger partial charge in [-0.15, -0.1) is 0 Å². The number of nitrogens with one attached hydrogen (secondary N) is 1. The summed E-state index contributed by atoms with van der Waals surface area (Å²) >= 11 is 6.00. The lowest BCUT2D eigenvalue weighted by atomic mass is 10.2. The maximum atomic E-state index is 12.5. The van der Waals surface area contributed by atoms with Gasteiger partial charge in [0.05, 0.1) is 24.2 Å². The van der Waals surface area contributed by atoms with E-state index in [9.17, 15) is 4.79 Å². The summed E-state index contributed by atoms with van der Waals surface area (Å²) in [4.78, 5) is 17.2. The van der Waals surface area contributed by atoms with Crippen LogP contribution < -0.4 is 10.1 Å². The molecule has 6 heteroatoms. The monoisotopic (exact) mass is 433 g/mol. The number of amides is 1. The molecule has 1 aromatic heterocycles. The van der Waals surface area contributed by atoms with E-state index < -0.39 is 0 Å². The summed E-state index contributed by atoms with van der Waals surface area (Å²) in [6, 6.07) is 22.9. The smallest absolute Gasteiger partial charge is 0.251 e. The number of halogens is 1. The summed E-state index contributed by atoms with van der Waals surface area (Å²) in [5, 5.41) is 3.49. The molecular formula is C25H24ClN3O2. The molecule has 0 aliphatic heterocycles. The topological polar surface area (TPSA) is 56.1 Å². The molecule has 0 bridgehead atoms. The van der Waals surface area contributed by atoms with Gasteiger partial charge in [-0.1, -0.05) is 48.0 Å². The minimum absolute atomic E-state index is 0.177. The van der Waals surface area contributed by atoms with Gasteiger partial charge in [0.25, 0.3) is 5.91 Å². The number of hydrogen-bond donors (Lipinski definition) is 1. The molecule has 3 aromatic carbocycles. The van der Waals surface area contributed by atoms with E-state index in [2.05, 4.69) is 9.88 Å². The van der Waals surface area contributed by atoms with Gasteiger partial charge in [0.15, 0.2) is 0 Å². The van der Waals surface area contributed by atoms with Crippen molar-refractivity contribution in [2.45, 2.75) is 26.4 Å². The molecule has 0 unspecified atom stereocenters. The van der Waals surface area contributed by atoms with Gasteiger partial charge in [0.2, 0.25) is 0 Å². The third-order valence-electron chi connectivity index (χ3n) is 5.10. The number of hydrogen-bond acceptors (Lipinski definition) is 3. The van der Waals surface area contributed by atoms with Gasteiger partial charge in [0.1, 0.15) is 11.6 Å². The van der Waals surface area contributed by atoms with Gasteiger partial charge in [-0.05, 0) is 55.3 Å². The second-order valence-corrected chi connectivity index (χ2v) is 7.77. The average Bonchev–Trinajstić information content (AvgIpc) is 3.13. The van der Waals surface area contributed by atoms with Crippen molar-refractivity contribution in [3.63, 3.8) is 0 Å². The number of nitrogens with zero attached hydrogens (tertiary/aromatic N) is 2. The molecule has 0 aliphatic rings. The molecule has 1 heterocycles. The summed E-state index contributed by atoms with van der Waals surface area (Å²) in [6.07, 6.45) is 0.823. The number of rotatable bonds is 8. The van der Waals surface area contributed by atoms with Crippen LogP contribution in [-0.4, -0.2) is 22.1 Å². The second-order valence-electron chi connectivity index (χ2n) is 7.33. The van der Waals surface area contributed by atoms with Crippen LogP contribution >= 0.6 is 11.6 Å². The van der Waals surface area contributed by atoms with Crippen molar-refractivity contribution >= 4 is 28.5 Å². The first kappa shape index (κ1) is 20.9. The zero-order chi connectivity index (χ0) is 21.6. The fourth-order valence-corrected chi connectivity index (χ4v) is 3.71. The van der Waals surface area contributed by atoms with Crippen molar-refractivity contribution in [1.82, 2.24) is 14.9 Å². The highest BCUT2D eigenvalue weighted by Crippen LogP contribution is 2.19. The molecule has 1 N–H and O–H groups in total. The molecule has 1 amide bonds. The van der Waals surface area contributed by atoms with Crippen molar-refractivity contribution in [2.75, 3.05) is 6.61 Å². The minimum Gasteiger partial charge on any atom is -0.493 e. The Kier molecular flexibility index (Phi) is 6.53. The Morgan fingerprint density at radius 1 is 1.06 bits per heavy atom. The zero-order valence-corrected chi connectivity index (χ0v) is 18.1. The van der Waals surface area contributed by atoms with Gasteiger partial charge < -0.3 is 14.6 Å². The summed E-state index contributed by atoms with van der Waals surface area (Å²) < 4.78 is 8.09. The van der Waals surface area contributed by atoms with Gasteiger partial charge in [-0.2, -0.15) is 0 Å². The van der Waals surface area contributed by atoms with Crippen LogP contribution in [0.25, 0.3) is 11.0 Å². The number of benzene rings is 3. The van der Waals surface area contributed by atoms with Crippen LogP contribution in [0.1, 0.15) is 28.2 Å². The summed E-state index contributed by atoms with van der Waals surface area (Å²) in [5.74, 6) is 1.54. The van der Waals surface area contributed by atoms with Gasteiger partial charge in [-0.3, -0.25) is 4.79 Å². The predicted octanol–water partition coefficient (Wildman–Crippen LogP) is 5.40. The number of fused-ring (bicyclic) bond motifs is 1. The maximum absolute atomic E-state index is 12.5. The Morgan fingerprint density at radius 2 is 1.87 bits per heavy atom. The van der Waals surface area contributed by atoms with Gasteiger partial charge >= 0.3 is 0 Å². The number of carbonyl (C=O) groups is 1. The van der Waals surface area contributed by atoms with E-state index in [1.165, 1.54) is 0 Å². The standard InChI is InChI=1S/C25H24ClN3O2/c1-18-8-2-5-13-23(18)31-15-7-14-29-22-12-4-3-11-21(22)28-24(29)17-27-25(30)19-9-6-10-20(26)16-19/h2-6,8-13,16H,7,14-15,17H2,1H3,(H,27,30). The van der Waals surface area contributed by atoms with E-state index in [1.807, 2.05) is 55.5 Å². The molecule has 0 aliphatic carbocycles. The molecule has 0 saturated carbocycles. The molecule has 0 saturated heterocycles. The van der Waals surface area contributed by atoms with Crippen molar-refractivity contribution < 1.29 is 9.53 Å². The SMILES string of the molecule is Cc1ccccc1OCCCn1c(CNC(=O)c2cccc(Cl)c2)nc2ccccc21. The van der Waals surface area contributed by atoms with E-state index >= 15 is 0 Å². The molecule has 0 fully saturated rings. The lowest BCUT2D eigenvalue weighted by molar-refractivity contribution is 0.0949. The van der Waals surface area contributed by atoms with Gasteiger partial charge in [0, 0.05) is 17.1 Å². The molecule has 4 rings (SSSR count). The quantitative estimate of drug-likeness (QED) is 0.378. The fraction of sp³-hybridized carbons (Fsp3) is 0.200. The maximum Gasteiger partial charge on any atom is 0.251 e. The van der Waals surface area contributed by atoms with E-state index in [1.54, 1.807) is 24.3 Å². The highest BCUT2D eigenvalue weighted by Gasteiger charge is 2.13. The van der Waals surface area contributed by atoms with Crippen molar-refractivity contribution in [3.05, 3.63) is 94.8 Å². The zero-order valence-electron chi connectivity index (χ0n) is 17.3. The van der Waals surface area contributed by atoms with Crippen LogP contribution in [-0.2, 0) is 13.1 Å². The molecule has 0 radical (unpaired) electrons. The lowest BCUT2D eigenvalue weighted by Crippen LogP contribution is -2.25. The largest absolute Gasteiger partial charge is 0.493 e. The number of carbonyl (C=O) groups excluding carboxylic acids is 1. The number of imidazole rings is 1. The summed E-state index contributed by atoms with van der Waals surface area (Å²) in [5.41, 5.74) is 3.61. The molecule has 158 valence electrons. The molecule has 0 atom stereocenters. The average molecular weight is 434 g/mol. The van der Waals surface area contributed by atoms with E-state index in [0.29, 0.717) is 23.7 Å². The van der Waals surface area contributed by atoms with E-state index in [-0.39, 0.29) is 5.91 Å². The Labute approximate surface area is 186 Å². The Bertz CT molecular complexity index is 1200. The number of para-hydroxylation sites is 3. The first-order chi connectivity index (χ1) is 15.1. The van der Waals surface area contributed by atoms with Crippen LogP contribution in [0.2, 0.25) is 5.02 Å². The molecular weight excluding hydrogens is 410 g/mol. The molecule has 5 nitrogen and oxygen atoms in total. The Balaban J connectivity index is 1.44. The van der Waals surface area contributed by atoms with Crippen LogP contribution in [0.15, 0.2) is 72.8 Å². The van der Waals surface area contributed by atoms with Crippen molar-refractivity contribution in [2.24, 2.45) is 0 Å². The highest BCUT2D eigenvalue weighted by atomic mass is 35.5. The number of aryl methyl sites for hydroxylation is 2. The lowest BCUT2D eigenvalue weighted by Gasteiger charge is -2.12. The van der Waals surface area contributed by atoms with E-state index in [4.69, 9.17) is 21.3 Å². The Hall–Kier alpha value is -3.31. The highest BCUT2D eigenvalue weighted by molar-refractivity contribution is 6.30. The van der Waals surface area contributed by atoms with Crippen LogP contribution in [0.5, 0.6) is 5.75 Å². The van der Waals surface area contributed by atoms with E-state index in [0.717, 1.165) is 41.1 Å². The predicted molar refractivity (Wildman–Crippen MR) is 124 cm³/mol. The number of ether oxygens (including phenoxy) is 1. The Morgan fingerprint density at radius 3 is 2.71 bits per heavy atom. The molecule has 31 heavy (non-hydrogen) atoms. The fourth-order valence-electron chi connectivity index (χ4n) is 3.52. The summed E-state index contributed by atoms with van der Waals surface area (Å²) in [7, 11) is 0. The van der Waals surface area contributed by atoms with Crippen molar-refractivity contribution in [3.8, 4) is 5.75 Å². The third kappa shape index (κ3) is 5.06. The second kappa shape index (κ2) is 9.67. The van der Waals surface area contributed by atoms with Gasteiger partial charge in [-0.25, -0.2) is 4.98 Å². The first-order valence-corrected chi connectivity index (χ1v) is 10.7. The molecule has 0 spiro atoms. The molecule has 4 aromatic rings. The normalized spacial score (nSPS) is 10.9. The first-order valence-electron chi connectivity index (χ1n) is 10.3. The number of aromatic nitrogens is 2. The van der Waals surface area contributed by atoms with Crippen molar-refractivity contribution in [1.29, 1.82) is 0 Å².